The molecule has 2 fully saturated rings. The maximum absolute atomic E-state index is 13.2. The van der Waals surface area contributed by atoms with Crippen LogP contribution in [0.15, 0.2) is 36.5 Å². The molecule has 0 spiro atoms. The average molecular weight is 534 g/mol. The van der Waals surface area contributed by atoms with E-state index in [1.807, 2.05) is 6.07 Å². The van der Waals surface area contributed by atoms with Crippen LogP contribution in [0.1, 0.15) is 69.7 Å². The van der Waals surface area contributed by atoms with Crippen molar-refractivity contribution in [2.75, 3.05) is 11.4 Å². The van der Waals surface area contributed by atoms with Gasteiger partial charge in [0, 0.05) is 41.5 Å². The molecule has 1 aromatic heterocycles. The Hall–Kier alpha value is -2.51. The first-order valence-corrected chi connectivity index (χ1v) is 13.4. The molecule has 1 saturated carbocycles. The molecular weight excluding hydrogens is 499 g/mol. The second kappa shape index (κ2) is 11.3. The minimum Gasteiger partial charge on any atom is -0.476 e. The summed E-state index contributed by atoms with van der Waals surface area (Å²) in [6.07, 6.45) is 7.34. The fourth-order valence-corrected chi connectivity index (χ4v) is 4.99. The molecule has 1 aliphatic heterocycles. The number of amides is 2. The third-order valence-corrected chi connectivity index (χ3v) is 7.22. The minimum atomic E-state index is -1.11. The number of rotatable bonds is 9. The summed E-state index contributed by atoms with van der Waals surface area (Å²) in [5.74, 6) is 0.983. The number of hydrogen-bond donors (Lipinski definition) is 2. The third kappa shape index (κ3) is 6.62. The normalized spacial score (nSPS) is 20.1. The Morgan fingerprint density at radius 2 is 1.89 bits per heavy atom. The van der Waals surface area contributed by atoms with E-state index in [1.54, 1.807) is 44.3 Å². The molecule has 2 heterocycles. The first-order valence-electron chi connectivity index (χ1n) is 12.6. The van der Waals surface area contributed by atoms with E-state index >= 15 is 0 Å². The van der Waals surface area contributed by atoms with E-state index in [1.165, 1.54) is 0 Å². The highest BCUT2D eigenvalue weighted by Gasteiger charge is 2.35. The van der Waals surface area contributed by atoms with Gasteiger partial charge in [-0.3, -0.25) is 9.59 Å². The van der Waals surface area contributed by atoms with E-state index in [4.69, 9.17) is 27.9 Å². The number of nitrogens with zero attached hydrogens (tertiary/aromatic N) is 2. The molecule has 2 N–H and O–H groups in total. The zero-order valence-corrected chi connectivity index (χ0v) is 22.5. The lowest BCUT2D eigenvalue weighted by molar-refractivity contribution is -0.135. The van der Waals surface area contributed by atoms with Crippen molar-refractivity contribution in [3.63, 3.8) is 0 Å². The van der Waals surface area contributed by atoms with E-state index in [9.17, 15) is 9.59 Å². The van der Waals surface area contributed by atoms with Crippen molar-refractivity contribution in [3.05, 3.63) is 52.1 Å². The maximum Gasteiger partial charge on any atom is 0.263 e. The molecule has 1 saturated heterocycles. The molecule has 9 heteroatoms. The van der Waals surface area contributed by atoms with Crippen LogP contribution in [0.3, 0.4) is 0 Å². The summed E-state index contributed by atoms with van der Waals surface area (Å²) in [6, 6.07) is 9.11. The number of ether oxygens (including phenoxy) is 1. The molecule has 0 radical (unpaired) electrons. The zero-order chi connectivity index (χ0) is 25.9. The van der Waals surface area contributed by atoms with Crippen molar-refractivity contribution in [1.82, 2.24) is 15.6 Å². The van der Waals surface area contributed by atoms with Crippen molar-refractivity contribution in [1.29, 1.82) is 0 Å². The second-order valence-corrected chi connectivity index (χ2v) is 11.0. The van der Waals surface area contributed by atoms with Gasteiger partial charge in [-0.1, -0.05) is 36.5 Å². The first-order chi connectivity index (χ1) is 17.2. The van der Waals surface area contributed by atoms with E-state index in [2.05, 4.69) is 27.4 Å². The molecule has 0 bridgehead atoms. The van der Waals surface area contributed by atoms with Crippen LogP contribution in [0, 0.1) is 0 Å². The summed E-state index contributed by atoms with van der Waals surface area (Å²) in [5.41, 5.74) is -0.475. The van der Waals surface area contributed by atoms with Gasteiger partial charge in [0.2, 0.25) is 0 Å². The number of nitrogens with one attached hydrogen (secondary N) is 2. The van der Waals surface area contributed by atoms with Crippen molar-refractivity contribution >= 4 is 40.8 Å². The maximum atomic E-state index is 13.2. The molecule has 1 aliphatic carbocycles. The number of piperidine rings is 1. The topological polar surface area (TPSA) is 83.6 Å². The summed E-state index contributed by atoms with van der Waals surface area (Å²) >= 11 is 12.2. The summed E-state index contributed by atoms with van der Waals surface area (Å²) in [6.45, 7) is 6.35. The van der Waals surface area contributed by atoms with Crippen LogP contribution in [0.5, 0.6) is 5.75 Å². The molecule has 2 unspecified atom stereocenters. The highest BCUT2D eigenvalue weighted by molar-refractivity contribution is 6.35. The van der Waals surface area contributed by atoms with Crippen LogP contribution >= 0.6 is 23.2 Å². The number of carbonyl (C=O) groups is 2. The van der Waals surface area contributed by atoms with Crippen molar-refractivity contribution < 1.29 is 14.3 Å². The van der Waals surface area contributed by atoms with Crippen molar-refractivity contribution in [2.24, 2.45) is 0 Å². The van der Waals surface area contributed by atoms with Crippen LogP contribution in [-0.4, -0.2) is 47.1 Å². The molecule has 1 aromatic carbocycles. The van der Waals surface area contributed by atoms with Gasteiger partial charge in [0.15, 0.2) is 5.60 Å². The van der Waals surface area contributed by atoms with E-state index in [0.717, 1.165) is 50.9 Å². The predicted octanol–water partition coefficient (Wildman–Crippen LogP) is 5.39. The SMILES string of the molecule is CCCC1CC(NC(=O)C(C)(C)Oc2ccc(Cl)cc2Cl)CCN1c1cc(C(=O)NC2CC2)ccn1. The van der Waals surface area contributed by atoms with Crippen LogP contribution in [-0.2, 0) is 4.79 Å². The third-order valence-electron chi connectivity index (χ3n) is 6.69. The highest BCUT2D eigenvalue weighted by atomic mass is 35.5. The second-order valence-electron chi connectivity index (χ2n) is 10.2. The Labute approximate surface area is 222 Å². The van der Waals surface area contributed by atoms with Gasteiger partial charge in [0.25, 0.3) is 11.8 Å². The molecule has 36 heavy (non-hydrogen) atoms. The van der Waals surface area contributed by atoms with Crippen LogP contribution in [0.2, 0.25) is 10.0 Å². The standard InChI is InChI=1S/C27H34Cl2N4O3/c1-4-5-21-16-20(32-26(35)27(2,3)36-23-9-6-18(28)15-22(23)29)11-13-33(21)24-14-17(10-12-30-24)25(34)31-19-7-8-19/h6,9-10,12,14-15,19-21H,4-5,7-8,11,13,16H2,1-3H3,(H,31,34)(H,32,35). The van der Waals surface area contributed by atoms with Crippen LogP contribution in [0.25, 0.3) is 0 Å². The minimum absolute atomic E-state index is 0.00946. The van der Waals surface area contributed by atoms with Crippen molar-refractivity contribution in [3.8, 4) is 5.75 Å². The van der Waals surface area contributed by atoms with Gasteiger partial charge < -0.3 is 20.3 Å². The summed E-state index contributed by atoms with van der Waals surface area (Å²) in [7, 11) is 0. The molecule has 2 amide bonds. The van der Waals surface area contributed by atoms with Gasteiger partial charge >= 0.3 is 0 Å². The first kappa shape index (κ1) is 26.6. The average Bonchev–Trinajstić information content (AvgIpc) is 3.65. The largest absolute Gasteiger partial charge is 0.476 e. The van der Waals surface area contributed by atoms with Gasteiger partial charge in [-0.15, -0.1) is 0 Å². The van der Waals surface area contributed by atoms with Crippen molar-refractivity contribution in [2.45, 2.75) is 83.0 Å². The summed E-state index contributed by atoms with van der Waals surface area (Å²) in [5, 5.41) is 7.10. The number of pyridine rings is 1. The number of aromatic nitrogens is 1. The molecular formula is C27H34Cl2N4O3. The Morgan fingerprint density at radius 1 is 1.11 bits per heavy atom. The Kier molecular flexibility index (Phi) is 8.30. The van der Waals surface area contributed by atoms with E-state index < -0.39 is 5.60 Å². The highest BCUT2D eigenvalue weighted by Crippen LogP contribution is 2.31. The molecule has 2 aliphatic rings. The van der Waals surface area contributed by atoms with Gasteiger partial charge in [0.05, 0.1) is 5.02 Å². The fraction of sp³-hybridized carbons (Fsp3) is 0.519. The number of anilines is 1. The van der Waals surface area contributed by atoms with E-state index in [-0.39, 0.29) is 23.9 Å². The number of hydrogen-bond acceptors (Lipinski definition) is 5. The van der Waals surface area contributed by atoms with Crippen LogP contribution < -0.4 is 20.3 Å². The zero-order valence-electron chi connectivity index (χ0n) is 21.0. The molecule has 2 atom stereocenters. The smallest absolute Gasteiger partial charge is 0.263 e. The molecule has 7 nitrogen and oxygen atoms in total. The van der Waals surface area contributed by atoms with Gasteiger partial charge in [-0.05, 0) is 76.3 Å². The molecule has 194 valence electrons. The van der Waals surface area contributed by atoms with Crippen LogP contribution in [0.4, 0.5) is 5.82 Å². The van der Waals surface area contributed by atoms with Gasteiger partial charge in [0.1, 0.15) is 11.6 Å². The number of halogens is 2. The monoisotopic (exact) mass is 532 g/mol. The fourth-order valence-electron chi connectivity index (χ4n) is 4.54. The lowest BCUT2D eigenvalue weighted by Crippen LogP contribution is -2.55. The number of benzene rings is 1. The Balaban J connectivity index is 1.40. The quantitative estimate of drug-likeness (QED) is 0.452. The Bertz CT molecular complexity index is 1110. The van der Waals surface area contributed by atoms with Gasteiger partial charge in [-0.25, -0.2) is 4.98 Å². The van der Waals surface area contributed by atoms with Gasteiger partial charge in [-0.2, -0.15) is 0 Å². The van der Waals surface area contributed by atoms with E-state index in [0.29, 0.717) is 27.4 Å². The lowest BCUT2D eigenvalue weighted by Gasteiger charge is -2.41. The lowest BCUT2D eigenvalue weighted by atomic mass is 9.93. The summed E-state index contributed by atoms with van der Waals surface area (Å²) < 4.78 is 5.96. The molecule has 2 aromatic rings. The molecule has 4 rings (SSSR count). The Morgan fingerprint density at radius 3 is 2.58 bits per heavy atom. The number of carbonyl (C=O) groups excluding carboxylic acids is 2. The predicted molar refractivity (Wildman–Crippen MR) is 143 cm³/mol. The summed E-state index contributed by atoms with van der Waals surface area (Å²) in [4.78, 5) is 32.6.